The average Bonchev–Trinajstić information content (AvgIpc) is 2.61. The van der Waals surface area contributed by atoms with Gasteiger partial charge in [0.1, 0.15) is 11.4 Å². The van der Waals surface area contributed by atoms with Crippen molar-refractivity contribution in [2.75, 3.05) is 19.0 Å². The molecule has 0 spiro atoms. The van der Waals surface area contributed by atoms with Gasteiger partial charge in [-0.1, -0.05) is 19.3 Å². The largest absolute Gasteiger partial charge is 0.465 e. The van der Waals surface area contributed by atoms with Gasteiger partial charge >= 0.3 is 5.97 Å². The number of hydrogen-bond acceptors (Lipinski definition) is 5. The molecule has 6 nitrogen and oxygen atoms in total. The molecule has 0 aliphatic heterocycles. The zero-order valence-corrected chi connectivity index (χ0v) is 13.5. The number of rotatable bonds is 5. The maximum absolute atomic E-state index is 13.6. The first-order valence-corrected chi connectivity index (χ1v) is 7.84. The molecule has 0 aromatic heterocycles. The van der Waals surface area contributed by atoms with Crippen LogP contribution in [0.2, 0.25) is 0 Å². The number of nitriles is 1. The fraction of sp³-hybridized carbons (Fsp3) is 0.471. The van der Waals surface area contributed by atoms with Crippen molar-refractivity contribution in [1.82, 2.24) is 5.32 Å². The van der Waals surface area contributed by atoms with Gasteiger partial charge in [0, 0.05) is 5.69 Å². The molecule has 24 heavy (non-hydrogen) atoms. The number of amides is 1. The van der Waals surface area contributed by atoms with E-state index in [1.54, 1.807) is 0 Å². The van der Waals surface area contributed by atoms with E-state index in [2.05, 4.69) is 21.4 Å². The van der Waals surface area contributed by atoms with Gasteiger partial charge in [0.05, 0.1) is 25.3 Å². The second kappa shape index (κ2) is 7.77. The molecule has 0 bridgehead atoms. The maximum Gasteiger partial charge on any atom is 0.340 e. The molecular formula is C17H20FN3O3. The van der Waals surface area contributed by atoms with E-state index in [1.807, 2.05) is 0 Å². The maximum atomic E-state index is 13.6. The van der Waals surface area contributed by atoms with Crippen LogP contribution in [-0.2, 0) is 9.53 Å². The van der Waals surface area contributed by atoms with E-state index in [0.717, 1.165) is 25.3 Å². The Hall–Kier alpha value is -2.62. The standard InChI is InChI=1S/C17H20FN3O3/c1-24-16(23)13-9-12(5-6-14(13)18)20-10-15(22)21-17(11-19)7-3-2-4-8-17/h5-6,9,20H,2-4,7-8,10H2,1H3,(H,21,22). The normalized spacial score (nSPS) is 15.9. The third-order valence-electron chi connectivity index (χ3n) is 4.12. The summed E-state index contributed by atoms with van der Waals surface area (Å²) in [6, 6.07) is 6.06. The van der Waals surface area contributed by atoms with E-state index in [9.17, 15) is 19.2 Å². The van der Waals surface area contributed by atoms with Gasteiger partial charge in [0.25, 0.3) is 0 Å². The average molecular weight is 333 g/mol. The second-order valence-corrected chi connectivity index (χ2v) is 5.84. The van der Waals surface area contributed by atoms with Crippen molar-refractivity contribution < 1.29 is 18.7 Å². The van der Waals surface area contributed by atoms with Gasteiger partial charge in [0.15, 0.2) is 0 Å². The molecule has 0 radical (unpaired) electrons. The molecule has 0 heterocycles. The number of methoxy groups -OCH3 is 1. The first kappa shape index (κ1) is 17.7. The summed E-state index contributed by atoms with van der Waals surface area (Å²) in [7, 11) is 1.17. The van der Waals surface area contributed by atoms with Crippen molar-refractivity contribution in [1.29, 1.82) is 5.26 Å². The Morgan fingerprint density at radius 1 is 1.33 bits per heavy atom. The minimum atomic E-state index is -0.795. The number of ether oxygens (including phenoxy) is 1. The molecule has 0 saturated heterocycles. The van der Waals surface area contributed by atoms with Crippen LogP contribution in [0, 0.1) is 17.1 Å². The van der Waals surface area contributed by atoms with Crippen molar-refractivity contribution in [3.63, 3.8) is 0 Å². The van der Waals surface area contributed by atoms with Crippen molar-refractivity contribution in [2.45, 2.75) is 37.6 Å². The molecule has 128 valence electrons. The number of anilines is 1. The zero-order chi connectivity index (χ0) is 17.6. The smallest absolute Gasteiger partial charge is 0.340 e. The van der Waals surface area contributed by atoms with Gasteiger partial charge in [-0.15, -0.1) is 0 Å². The zero-order valence-electron chi connectivity index (χ0n) is 13.5. The van der Waals surface area contributed by atoms with Crippen LogP contribution in [0.5, 0.6) is 0 Å². The molecule has 1 amide bonds. The summed E-state index contributed by atoms with van der Waals surface area (Å²) < 4.78 is 18.1. The lowest BCUT2D eigenvalue weighted by molar-refractivity contribution is -0.121. The molecular weight excluding hydrogens is 313 g/mol. The van der Waals surface area contributed by atoms with Crippen LogP contribution >= 0.6 is 0 Å². The highest BCUT2D eigenvalue weighted by atomic mass is 19.1. The monoisotopic (exact) mass is 333 g/mol. The van der Waals surface area contributed by atoms with Crippen molar-refractivity contribution in [3.8, 4) is 6.07 Å². The van der Waals surface area contributed by atoms with E-state index in [0.29, 0.717) is 18.5 Å². The van der Waals surface area contributed by atoms with Gasteiger partial charge in [-0.25, -0.2) is 9.18 Å². The predicted octanol–water partition coefficient (Wildman–Crippen LogP) is 2.37. The Labute approximate surface area is 140 Å². The van der Waals surface area contributed by atoms with Gasteiger partial charge < -0.3 is 15.4 Å². The van der Waals surface area contributed by atoms with Gasteiger partial charge in [-0.05, 0) is 31.0 Å². The summed E-state index contributed by atoms with van der Waals surface area (Å²) >= 11 is 0. The second-order valence-electron chi connectivity index (χ2n) is 5.84. The first-order chi connectivity index (χ1) is 11.5. The Morgan fingerprint density at radius 3 is 2.67 bits per heavy atom. The predicted molar refractivity (Wildman–Crippen MR) is 85.8 cm³/mol. The minimum absolute atomic E-state index is 0.0737. The SMILES string of the molecule is COC(=O)c1cc(NCC(=O)NC2(C#N)CCCCC2)ccc1F. The Kier molecular flexibility index (Phi) is 5.74. The molecule has 7 heteroatoms. The summed E-state index contributed by atoms with van der Waals surface area (Å²) in [6.07, 6.45) is 4.21. The fourth-order valence-electron chi connectivity index (χ4n) is 2.82. The summed E-state index contributed by atoms with van der Waals surface area (Å²) in [5.74, 6) is -1.80. The minimum Gasteiger partial charge on any atom is -0.465 e. The molecule has 0 unspecified atom stereocenters. The summed E-state index contributed by atoms with van der Waals surface area (Å²) in [5, 5.41) is 15.0. The number of esters is 1. The fourth-order valence-corrected chi connectivity index (χ4v) is 2.82. The van der Waals surface area contributed by atoms with E-state index in [1.165, 1.54) is 19.2 Å². The number of benzene rings is 1. The third-order valence-corrected chi connectivity index (χ3v) is 4.12. The van der Waals surface area contributed by atoms with Crippen molar-refractivity contribution in [2.24, 2.45) is 0 Å². The lowest BCUT2D eigenvalue weighted by Gasteiger charge is -2.31. The van der Waals surface area contributed by atoms with Crippen LogP contribution in [0.1, 0.15) is 42.5 Å². The lowest BCUT2D eigenvalue weighted by atomic mass is 9.83. The highest BCUT2D eigenvalue weighted by molar-refractivity contribution is 5.91. The molecule has 0 atom stereocenters. The lowest BCUT2D eigenvalue weighted by Crippen LogP contribution is -2.50. The van der Waals surface area contributed by atoms with E-state index in [4.69, 9.17) is 0 Å². The highest BCUT2D eigenvalue weighted by Gasteiger charge is 2.33. The Balaban J connectivity index is 1.96. The molecule has 2 rings (SSSR count). The first-order valence-electron chi connectivity index (χ1n) is 7.84. The van der Waals surface area contributed by atoms with Crippen LogP contribution in [0.4, 0.5) is 10.1 Å². The van der Waals surface area contributed by atoms with Crippen LogP contribution in [0.25, 0.3) is 0 Å². The topological polar surface area (TPSA) is 91.2 Å². The number of carbonyl (C=O) groups is 2. The summed E-state index contributed by atoms with van der Waals surface area (Å²) in [5.41, 5.74) is -0.581. The highest BCUT2D eigenvalue weighted by Crippen LogP contribution is 2.27. The van der Waals surface area contributed by atoms with Gasteiger partial charge in [-0.3, -0.25) is 4.79 Å². The van der Waals surface area contributed by atoms with E-state index in [-0.39, 0.29) is 18.0 Å². The number of hydrogen-bond donors (Lipinski definition) is 2. The number of nitrogens with zero attached hydrogens (tertiary/aromatic N) is 1. The Morgan fingerprint density at radius 2 is 2.04 bits per heavy atom. The number of halogens is 1. The van der Waals surface area contributed by atoms with Crippen LogP contribution in [-0.4, -0.2) is 31.1 Å². The van der Waals surface area contributed by atoms with Crippen LogP contribution < -0.4 is 10.6 Å². The van der Waals surface area contributed by atoms with Crippen LogP contribution in [0.15, 0.2) is 18.2 Å². The molecule has 1 fully saturated rings. The number of nitrogens with one attached hydrogen (secondary N) is 2. The third kappa shape index (κ3) is 4.22. The quantitative estimate of drug-likeness (QED) is 0.807. The summed E-state index contributed by atoms with van der Waals surface area (Å²) in [4.78, 5) is 23.6. The molecule has 2 N–H and O–H groups in total. The van der Waals surface area contributed by atoms with Crippen LogP contribution in [0.3, 0.4) is 0 Å². The molecule has 1 aromatic rings. The van der Waals surface area contributed by atoms with E-state index >= 15 is 0 Å². The number of carbonyl (C=O) groups excluding carboxylic acids is 2. The van der Waals surface area contributed by atoms with E-state index < -0.39 is 17.3 Å². The van der Waals surface area contributed by atoms with Gasteiger partial charge in [0.2, 0.25) is 5.91 Å². The van der Waals surface area contributed by atoms with Crippen molar-refractivity contribution >= 4 is 17.6 Å². The van der Waals surface area contributed by atoms with Crippen molar-refractivity contribution in [3.05, 3.63) is 29.6 Å². The molecule has 1 aliphatic rings. The molecule has 1 aliphatic carbocycles. The Bertz CT molecular complexity index is 664. The summed E-state index contributed by atoms with van der Waals surface area (Å²) in [6.45, 7) is -0.0737. The molecule has 1 saturated carbocycles. The molecule has 1 aromatic carbocycles. The van der Waals surface area contributed by atoms with Gasteiger partial charge in [-0.2, -0.15) is 5.26 Å².